The smallest absolute Gasteiger partial charge is 0.119 e. The number of aliphatic hydroxyl groups is 1. The number of methoxy groups -OCH3 is 1. The molecular formula is C14H23NO2. The van der Waals surface area contributed by atoms with Gasteiger partial charge in [-0.25, -0.2) is 0 Å². The fraction of sp³-hybridized carbons (Fsp3) is 0.571. The Labute approximate surface area is 104 Å². The standard InChI is InChI=1S/C14H23NO2/c1-5-11(2)14(3,10-16)15-12-6-8-13(17-4)9-7-12/h6-9,11,15-16H,5,10H2,1-4H3. The van der Waals surface area contributed by atoms with Crippen LogP contribution in [-0.4, -0.2) is 24.4 Å². The molecule has 2 atom stereocenters. The molecule has 2 N–H and O–H groups in total. The van der Waals surface area contributed by atoms with Crippen molar-refractivity contribution in [1.29, 1.82) is 0 Å². The highest BCUT2D eigenvalue weighted by atomic mass is 16.5. The quantitative estimate of drug-likeness (QED) is 0.799. The molecular weight excluding hydrogens is 214 g/mol. The first-order chi connectivity index (χ1) is 8.05. The van der Waals surface area contributed by atoms with Crippen LogP contribution in [-0.2, 0) is 0 Å². The van der Waals surface area contributed by atoms with Crippen LogP contribution in [0.4, 0.5) is 5.69 Å². The van der Waals surface area contributed by atoms with Crippen LogP contribution in [0.1, 0.15) is 27.2 Å². The minimum Gasteiger partial charge on any atom is -0.497 e. The van der Waals surface area contributed by atoms with Crippen LogP contribution in [0.25, 0.3) is 0 Å². The Morgan fingerprint density at radius 2 is 1.94 bits per heavy atom. The topological polar surface area (TPSA) is 41.5 Å². The van der Waals surface area contributed by atoms with Gasteiger partial charge in [-0.3, -0.25) is 0 Å². The maximum Gasteiger partial charge on any atom is 0.119 e. The number of nitrogens with one attached hydrogen (secondary N) is 1. The molecule has 1 aromatic carbocycles. The molecule has 0 aliphatic rings. The number of anilines is 1. The fourth-order valence-corrected chi connectivity index (χ4v) is 1.77. The largest absolute Gasteiger partial charge is 0.497 e. The Bertz CT molecular complexity index is 337. The summed E-state index contributed by atoms with van der Waals surface area (Å²) in [5.41, 5.74) is 0.714. The van der Waals surface area contributed by atoms with Gasteiger partial charge in [-0.1, -0.05) is 20.3 Å². The second-order valence-corrected chi connectivity index (χ2v) is 4.74. The van der Waals surface area contributed by atoms with Crippen molar-refractivity contribution in [2.75, 3.05) is 19.0 Å². The zero-order valence-corrected chi connectivity index (χ0v) is 11.2. The van der Waals surface area contributed by atoms with E-state index in [2.05, 4.69) is 19.2 Å². The lowest BCUT2D eigenvalue weighted by Gasteiger charge is -2.35. The molecule has 0 saturated carbocycles. The van der Waals surface area contributed by atoms with Crippen molar-refractivity contribution in [3.05, 3.63) is 24.3 Å². The van der Waals surface area contributed by atoms with E-state index in [0.29, 0.717) is 5.92 Å². The second kappa shape index (κ2) is 5.92. The highest BCUT2D eigenvalue weighted by Crippen LogP contribution is 2.26. The average Bonchev–Trinajstić information content (AvgIpc) is 2.38. The molecule has 3 nitrogen and oxygen atoms in total. The monoisotopic (exact) mass is 237 g/mol. The van der Waals surface area contributed by atoms with Gasteiger partial charge in [-0.15, -0.1) is 0 Å². The Morgan fingerprint density at radius 3 is 2.35 bits per heavy atom. The van der Waals surface area contributed by atoms with E-state index in [9.17, 15) is 5.11 Å². The number of ether oxygens (including phenoxy) is 1. The van der Waals surface area contributed by atoms with Crippen molar-refractivity contribution >= 4 is 5.69 Å². The third-order valence-corrected chi connectivity index (χ3v) is 3.55. The Hall–Kier alpha value is -1.22. The second-order valence-electron chi connectivity index (χ2n) is 4.74. The van der Waals surface area contributed by atoms with Crippen LogP contribution in [0.2, 0.25) is 0 Å². The van der Waals surface area contributed by atoms with Gasteiger partial charge in [0.05, 0.1) is 19.3 Å². The van der Waals surface area contributed by atoms with Gasteiger partial charge in [-0.05, 0) is 37.1 Å². The van der Waals surface area contributed by atoms with Crippen molar-refractivity contribution in [3.63, 3.8) is 0 Å². The lowest BCUT2D eigenvalue weighted by molar-refractivity contribution is 0.176. The molecule has 0 spiro atoms. The highest BCUT2D eigenvalue weighted by molar-refractivity contribution is 5.48. The summed E-state index contributed by atoms with van der Waals surface area (Å²) in [6.45, 7) is 6.44. The summed E-state index contributed by atoms with van der Waals surface area (Å²) < 4.78 is 5.12. The molecule has 0 bridgehead atoms. The third kappa shape index (κ3) is 3.37. The molecule has 1 rings (SSSR count). The summed E-state index contributed by atoms with van der Waals surface area (Å²) in [7, 11) is 1.65. The van der Waals surface area contributed by atoms with Crippen LogP contribution in [0.5, 0.6) is 5.75 Å². The molecule has 0 aliphatic carbocycles. The maximum absolute atomic E-state index is 9.56. The zero-order valence-electron chi connectivity index (χ0n) is 11.2. The van der Waals surface area contributed by atoms with Crippen LogP contribution in [0.3, 0.4) is 0 Å². The maximum atomic E-state index is 9.56. The van der Waals surface area contributed by atoms with Crippen molar-refractivity contribution in [2.45, 2.75) is 32.7 Å². The van der Waals surface area contributed by atoms with Gasteiger partial charge in [0, 0.05) is 5.69 Å². The summed E-state index contributed by atoms with van der Waals surface area (Å²) in [5.74, 6) is 1.24. The number of hydrogen-bond acceptors (Lipinski definition) is 3. The number of aliphatic hydroxyl groups excluding tert-OH is 1. The Morgan fingerprint density at radius 1 is 1.35 bits per heavy atom. The summed E-state index contributed by atoms with van der Waals surface area (Å²) in [4.78, 5) is 0. The lowest BCUT2D eigenvalue weighted by Crippen LogP contribution is -2.44. The van der Waals surface area contributed by atoms with Gasteiger partial charge in [0.15, 0.2) is 0 Å². The van der Waals surface area contributed by atoms with Crippen molar-refractivity contribution in [1.82, 2.24) is 0 Å². The van der Waals surface area contributed by atoms with E-state index >= 15 is 0 Å². The zero-order chi connectivity index (χ0) is 12.9. The van der Waals surface area contributed by atoms with E-state index in [-0.39, 0.29) is 12.1 Å². The molecule has 17 heavy (non-hydrogen) atoms. The molecule has 0 amide bonds. The molecule has 0 radical (unpaired) electrons. The first-order valence-corrected chi connectivity index (χ1v) is 6.08. The molecule has 96 valence electrons. The van der Waals surface area contributed by atoms with Gasteiger partial charge in [0.2, 0.25) is 0 Å². The van der Waals surface area contributed by atoms with Gasteiger partial charge < -0.3 is 15.2 Å². The molecule has 0 aliphatic heterocycles. The van der Waals surface area contributed by atoms with Crippen LogP contribution in [0.15, 0.2) is 24.3 Å². The first-order valence-electron chi connectivity index (χ1n) is 6.08. The molecule has 0 heterocycles. The summed E-state index contributed by atoms with van der Waals surface area (Å²) in [6.07, 6.45) is 1.03. The van der Waals surface area contributed by atoms with Gasteiger partial charge >= 0.3 is 0 Å². The van der Waals surface area contributed by atoms with Crippen LogP contribution < -0.4 is 10.1 Å². The molecule has 3 heteroatoms. The van der Waals surface area contributed by atoms with Gasteiger partial charge in [0.1, 0.15) is 5.75 Å². The Kier molecular flexibility index (Phi) is 4.82. The minimum absolute atomic E-state index is 0.119. The third-order valence-electron chi connectivity index (χ3n) is 3.55. The van der Waals surface area contributed by atoms with E-state index < -0.39 is 0 Å². The van der Waals surface area contributed by atoms with E-state index in [4.69, 9.17) is 4.74 Å². The number of benzene rings is 1. The van der Waals surface area contributed by atoms with E-state index in [1.54, 1.807) is 7.11 Å². The van der Waals surface area contributed by atoms with E-state index in [0.717, 1.165) is 17.9 Å². The van der Waals surface area contributed by atoms with Gasteiger partial charge in [0.25, 0.3) is 0 Å². The van der Waals surface area contributed by atoms with E-state index in [1.165, 1.54) is 0 Å². The highest BCUT2D eigenvalue weighted by Gasteiger charge is 2.28. The summed E-state index contributed by atoms with van der Waals surface area (Å²) >= 11 is 0. The van der Waals surface area contributed by atoms with Crippen molar-refractivity contribution < 1.29 is 9.84 Å². The summed E-state index contributed by atoms with van der Waals surface area (Å²) in [5, 5.41) is 13.0. The fourth-order valence-electron chi connectivity index (χ4n) is 1.77. The van der Waals surface area contributed by atoms with E-state index in [1.807, 2.05) is 31.2 Å². The van der Waals surface area contributed by atoms with Gasteiger partial charge in [-0.2, -0.15) is 0 Å². The Balaban J connectivity index is 2.79. The van der Waals surface area contributed by atoms with Crippen molar-refractivity contribution in [2.24, 2.45) is 5.92 Å². The molecule has 2 unspecified atom stereocenters. The predicted octanol–water partition coefficient (Wildman–Crippen LogP) is 2.90. The minimum atomic E-state index is -0.288. The average molecular weight is 237 g/mol. The van der Waals surface area contributed by atoms with Crippen molar-refractivity contribution in [3.8, 4) is 5.75 Å². The van der Waals surface area contributed by atoms with Crippen LogP contribution >= 0.6 is 0 Å². The lowest BCUT2D eigenvalue weighted by atomic mass is 9.85. The van der Waals surface area contributed by atoms with Crippen LogP contribution in [0, 0.1) is 5.92 Å². The predicted molar refractivity (Wildman–Crippen MR) is 71.6 cm³/mol. The normalized spacial score (nSPS) is 16.1. The molecule has 0 aromatic heterocycles. The number of rotatable bonds is 6. The number of hydrogen-bond donors (Lipinski definition) is 2. The summed E-state index contributed by atoms with van der Waals surface area (Å²) in [6, 6.07) is 7.76. The first kappa shape index (κ1) is 13.8. The SMILES string of the molecule is CCC(C)C(C)(CO)Nc1ccc(OC)cc1. The molecule has 1 aromatic rings. The molecule has 0 fully saturated rings. The molecule has 0 saturated heterocycles.